The molecule has 1 heterocycles. The third kappa shape index (κ3) is 2.55. The lowest BCUT2D eigenvalue weighted by atomic mass is 9.74. The largest absolute Gasteiger partial charge is 0.481 e. The number of sulfone groups is 1. The maximum Gasteiger partial charge on any atom is 0.310 e. The number of aliphatic carboxylic acids is 1. The first-order valence-corrected chi connectivity index (χ1v) is 7.09. The summed E-state index contributed by atoms with van der Waals surface area (Å²) in [6, 6.07) is 0. The molecule has 1 saturated heterocycles. The van der Waals surface area contributed by atoms with Crippen molar-refractivity contribution < 1.29 is 23.1 Å². The molecule has 0 saturated carbocycles. The molecule has 1 fully saturated rings. The lowest BCUT2D eigenvalue weighted by Gasteiger charge is -2.29. The van der Waals surface area contributed by atoms with Crippen molar-refractivity contribution in [2.75, 3.05) is 25.2 Å². The highest BCUT2D eigenvalue weighted by atomic mass is 32.2. The maximum atomic E-state index is 11.4. The molecule has 1 aliphatic heterocycles. The Kier molecular flexibility index (Phi) is 3.96. The molecular formula is C10H18O5S. The highest BCUT2D eigenvalue weighted by Crippen LogP contribution is 2.41. The van der Waals surface area contributed by atoms with Crippen LogP contribution in [0.5, 0.6) is 0 Å². The molecule has 1 N–H and O–H groups in total. The molecular weight excluding hydrogens is 232 g/mol. The quantitative estimate of drug-likeness (QED) is 0.770. The van der Waals surface area contributed by atoms with Crippen molar-refractivity contribution in [2.45, 2.75) is 19.8 Å². The Hall–Kier alpha value is -0.620. The summed E-state index contributed by atoms with van der Waals surface area (Å²) in [5.74, 6) is -1.45. The predicted molar refractivity (Wildman–Crippen MR) is 59.0 cm³/mol. The molecule has 1 aliphatic rings. The third-order valence-electron chi connectivity index (χ3n) is 3.46. The molecule has 6 heteroatoms. The number of hydrogen-bond donors (Lipinski definition) is 1. The van der Waals surface area contributed by atoms with E-state index in [1.165, 1.54) is 0 Å². The second-order valence-electron chi connectivity index (χ2n) is 4.49. The van der Waals surface area contributed by atoms with Crippen molar-refractivity contribution in [2.24, 2.45) is 11.3 Å². The van der Waals surface area contributed by atoms with Crippen LogP contribution in [0.4, 0.5) is 0 Å². The molecule has 0 radical (unpaired) electrons. The number of rotatable bonds is 5. The molecule has 94 valence electrons. The van der Waals surface area contributed by atoms with Crippen molar-refractivity contribution in [3.63, 3.8) is 0 Å². The van der Waals surface area contributed by atoms with E-state index in [0.717, 1.165) is 0 Å². The molecule has 5 nitrogen and oxygen atoms in total. The van der Waals surface area contributed by atoms with E-state index in [1.807, 2.05) is 0 Å². The van der Waals surface area contributed by atoms with Crippen LogP contribution in [0.15, 0.2) is 0 Å². The minimum absolute atomic E-state index is 0.0172. The number of carbonyl (C=O) groups is 1. The van der Waals surface area contributed by atoms with Crippen molar-refractivity contribution in [3.05, 3.63) is 0 Å². The first kappa shape index (κ1) is 13.4. The molecule has 0 aromatic heterocycles. The van der Waals surface area contributed by atoms with Gasteiger partial charge in [0.1, 0.15) is 0 Å². The smallest absolute Gasteiger partial charge is 0.310 e. The lowest BCUT2D eigenvalue weighted by Crippen LogP contribution is -2.39. The van der Waals surface area contributed by atoms with Gasteiger partial charge in [-0.1, -0.05) is 6.92 Å². The first-order chi connectivity index (χ1) is 7.34. The highest BCUT2D eigenvalue weighted by molar-refractivity contribution is 7.91. The summed E-state index contributed by atoms with van der Waals surface area (Å²) in [5.41, 5.74) is -1.11. The Bertz CT molecular complexity index is 361. The number of ether oxygens (including phenoxy) is 1. The van der Waals surface area contributed by atoms with E-state index in [9.17, 15) is 18.3 Å². The zero-order chi connectivity index (χ0) is 12.4. The van der Waals surface area contributed by atoms with Gasteiger partial charge in [-0.2, -0.15) is 0 Å². The third-order valence-corrected chi connectivity index (χ3v) is 5.24. The number of carboxylic acid groups (broad SMARTS) is 1. The van der Waals surface area contributed by atoms with Crippen LogP contribution in [0.2, 0.25) is 0 Å². The van der Waals surface area contributed by atoms with Crippen LogP contribution in [0.25, 0.3) is 0 Å². The zero-order valence-corrected chi connectivity index (χ0v) is 10.4. The van der Waals surface area contributed by atoms with Crippen molar-refractivity contribution in [3.8, 4) is 0 Å². The summed E-state index contributed by atoms with van der Waals surface area (Å²) >= 11 is 0. The Morgan fingerprint density at radius 3 is 2.56 bits per heavy atom. The molecule has 0 spiro atoms. The summed E-state index contributed by atoms with van der Waals surface area (Å²) in [4.78, 5) is 11.3. The minimum atomic E-state index is -3.19. The summed E-state index contributed by atoms with van der Waals surface area (Å²) in [6.45, 7) is 2.24. The second-order valence-corrected chi connectivity index (χ2v) is 6.67. The summed E-state index contributed by atoms with van der Waals surface area (Å²) < 4.78 is 27.8. The van der Waals surface area contributed by atoms with E-state index in [1.54, 1.807) is 14.0 Å². The molecule has 0 aromatic rings. The van der Waals surface area contributed by atoms with Gasteiger partial charge >= 0.3 is 5.97 Å². The van der Waals surface area contributed by atoms with Crippen LogP contribution in [-0.4, -0.2) is 44.7 Å². The first-order valence-electron chi connectivity index (χ1n) is 5.27. The van der Waals surface area contributed by atoms with Crippen molar-refractivity contribution in [1.29, 1.82) is 0 Å². The van der Waals surface area contributed by atoms with E-state index in [-0.39, 0.29) is 23.8 Å². The summed E-state index contributed by atoms with van der Waals surface area (Å²) in [7, 11) is -1.64. The van der Waals surface area contributed by atoms with Crippen molar-refractivity contribution >= 4 is 15.8 Å². The molecule has 0 aliphatic carbocycles. The average Bonchev–Trinajstić information content (AvgIpc) is 2.52. The summed E-state index contributed by atoms with van der Waals surface area (Å²) in [6.07, 6.45) is 0.786. The van der Waals surface area contributed by atoms with E-state index in [2.05, 4.69) is 0 Å². The van der Waals surface area contributed by atoms with Crippen LogP contribution in [0.1, 0.15) is 19.8 Å². The highest BCUT2D eigenvalue weighted by Gasteiger charge is 2.51. The van der Waals surface area contributed by atoms with E-state index in [0.29, 0.717) is 13.0 Å². The molecule has 1 rings (SSSR count). The number of carboxylic acids is 1. The Morgan fingerprint density at radius 2 is 2.19 bits per heavy atom. The van der Waals surface area contributed by atoms with Gasteiger partial charge in [0.05, 0.1) is 16.9 Å². The number of hydrogen-bond acceptors (Lipinski definition) is 4. The van der Waals surface area contributed by atoms with Gasteiger partial charge in [0.2, 0.25) is 0 Å². The Labute approximate surface area is 95.7 Å². The van der Waals surface area contributed by atoms with Gasteiger partial charge in [0, 0.05) is 13.7 Å². The van der Waals surface area contributed by atoms with Crippen LogP contribution in [0, 0.1) is 11.3 Å². The van der Waals surface area contributed by atoms with Crippen LogP contribution < -0.4 is 0 Å². The Balaban J connectivity index is 2.87. The van der Waals surface area contributed by atoms with Gasteiger partial charge in [-0.3, -0.25) is 4.79 Å². The minimum Gasteiger partial charge on any atom is -0.481 e. The van der Waals surface area contributed by atoms with Crippen molar-refractivity contribution in [1.82, 2.24) is 0 Å². The van der Waals surface area contributed by atoms with Gasteiger partial charge in [0.15, 0.2) is 9.84 Å². The maximum absolute atomic E-state index is 11.4. The standard InChI is InChI=1S/C10H18O5S/c1-8(3-5-15-2)10(9(11)12)4-6-16(13,14)7-10/h8H,3-7H2,1-2H3,(H,11,12). The fraction of sp³-hybridized carbons (Fsp3) is 0.900. The van der Waals surface area contributed by atoms with E-state index < -0.39 is 21.2 Å². The molecule has 2 unspecified atom stereocenters. The van der Waals surface area contributed by atoms with E-state index in [4.69, 9.17) is 4.74 Å². The topological polar surface area (TPSA) is 80.7 Å². The molecule has 0 aromatic carbocycles. The zero-order valence-electron chi connectivity index (χ0n) is 9.60. The second kappa shape index (κ2) is 4.71. The van der Waals surface area contributed by atoms with Crippen LogP contribution >= 0.6 is 0 Å². The molecule has 0 bridgehead atoms. The van der Waals surface area contributed by atoms with Gasteiger partial charge < -0.3 is 9.84 Å². The predicted octanol–water partition coefficient (Wildman–Crippen LogP) is 0.549. The Morgan fingerprint density at radius 1 is 1.56 bits per heavy atom. The van der Waals surface area contributed by atoms with Crippen LogP contribution in [-0.2, 0) is 19.4 Å². The van der Waals surface area contributed by atoms with Gasteiger partial charge in [-0.15, -0.1) is 0 Å². The normalized spacial score (nSPS) is 30.1. The fourth-order valence-electron chi connectivity index (χ4n) is 2.21. The van der Waals surface area contributed by atoms with Gasteiger partial charge in [0.25, 0.3) is 0 Å². The molecule has 16 heavy (non-hydrogen) atoms. The monoisotopic (exact) mass is 250 g/mol. The molecule has 2 atom stereocenters. The fourth-order valence-corrected chi connectivity index (χ4v) is 4.37. The lowest BCUT2D eigenvalue weighted by molar-refractivity contribution is -0.150. The molecule has 0 amide bonds. The average molecular weight is 250 g/mol. The van der Waals surface area contributed by atoms with Gasteiger partial charge in [-0.05, 0) is 18.8 Å². The summed E-state index contributed by atoms with van der Waals surface area (Å²) in [5, 5.41) is 9.26. The SMILES string of the molecule is COCCC(C)C1(C(=O)O)CCS(=O)(=O)C1. The van der Waals surface area contributed by atoms with Gasteiger partial charge in [-0.25, -0.2) is 8.42 Å². The van der Waals surface area contributed by atoms with E-state index >= 15 is 0 Å². The number of methoxy groups -OCH3 is 1. The van der Waals surface area contributed by atoms with Crippen LogP contribution in [0.3, 0.4) is 0 Å².